The van der Waals surface area contributed by atoms with Gasteiger partial charge in [-0.05, 0) is 39.6 Å². The van der Waals surface area contributed by atoms with Crippen molar-refractivity contribution in [2.75, 3.05) is 5.32 Å². The molecule has 0 aliphatic carbocycles. The number of aliphatic hydroxyl groups is 1. The predicted octanol–water partition coefficient (Wildman–Crippen LogP) is 1.47. The van der Waals surface area contributed by atoms with Crippen LogP contribution in [0, 0.1) is 0 Å². The van der Waals surface area contributed by atoms with Crippen molar-refractivity contribution in [1.82, 2.24) is 20.2 Å². The molecular weight excluding hydrogens is 290 g/mol. The molecule has 21 heavy (non-hydrogen) atoms. The van der Waals surface area contributed by atoms with E-state index in [1.54, 1.807) is 35.7 Å². The quantitative estimate of drug-likeness (QED) is 0.761. The zero-order valence-electron chi connectivity index (χ0n) is 10.8. The van der Waals surface area contributed by atoms with Gasteiger partial charge in [0.15, 0.2) is 0 Å². The molecular formula is C13H11N5O2S. The molecule has 1 aromatic carbocycles. The van der Waals surface area contributed by atoms with Crippen molar-refractivity contribution < 1.29 is 9.90 Å². The summed E-state index contributed by atoms with van der Waals surface area (Å²) in [4.78, 5) is 12.9. The summed E-state index contributed by atoms with van der Waals surface area (Å²) in [6.07, 6.45) is 1.44. The van der Waals surface area contributed by atoms with Crippen LogP contribution in [0.1, 0.15) is 15.2 Å². The SMILES string of the molecule is O=C(Nc1cccc(CO)c1)c1sccc1-n1cnnn1. The lowest BCUT2D eigenvalue weighted by molar-refractivity contribution is 0.103. The number of hydrogen-bond acceptors (Lipinski definition) is 6. The maximum Gasteiger partial charge on any atom is 0.267 e. The first-order valence-electron chi connectivity index (χ1n) is 6.10. The van der Waals surface area contributed by atoms with E-state index in [0.29, 0.717) is 16.3 Å². The molecule has 1 amide bonds. The molecule has 2 aromatic heterocycles. The van der Waals surface area contributed by atoms with Crippen molar-refractivity contribution in [3.8, 4) is 5.69 Å². The highest BCUT2D eigenvalue weighted by Gasteiger charge is 2.15. The summed E-state index contributed by atoms with van der Waals surface area (Å²) in [7, 11) is 0. The summed E-state index contributed by atoms with van der Waals surface area (Å²) in [6, 6.07) is 8.83. The van der Waals surface area contributed by atoms with Crippen LogP contribution in [0.15, 0.2) is 42.0 Å². The molecule has 0 fully saturated rings. The fraction of sp³-hybridized carbons (Fsp3) is 0.0769. The van der Waals surface area contributed by atoms with Gasteiger partial charge in [0.05, 0.1) is 12.3 Å². The third-order valence-electron chi connectivity index (χ3n) is 2.81. The number of amides is 1. The standard InChI is InChI=1S/C13H11N5O2S/c19-7-9-2-1-3-10(6-9)15-13(20)12-11(4-5-21-12)18-8-14-16-17-18/h1-6,8,19H,7H2,(H,15,20). The second kappa shape index (κ2) is 5.81. The van der Waals surface area contributed by atoms with Crippen LogP contribution in [-0.4, -0.2) is 31.2 Å². The van der Waals surface area contributed by atoms with E-state index in [0.717, 1.165) is 5.56 Å². The van der Waals surface area contributed by atoms with E-state index in [4.69, 9.17) is 5.11 Å². The van der Waals surface area contributed by atoms with Crippen LogP contribution in [0.25, 0.3) is 5.69 Å². The molecule has 0 atom stereocenters. The summed E-state index contributed by atoms with van der Waals surface area (Å²) >= 11 is 1.31. The van der Waals surface area contributed by atoms with Crippen LogP contribution >= 0.6 is 11.3 Å². The molecule has 0 aliphatic rings. The maximum absolute atomic E-state index is 12.3. The lowest BCUT2D eigenvalue weighted by Crippen LogP contribution is -2.13. The third kappa shape index (κ3) is 2.81. The highest BCUT2D eigenvalue weighted by molar-refractivity contribution is 7.12. The maximum atomic E-state index is 12.3. The summed E-state index contributed by atoms with van der Waals surface area (Å²) in [5, 5.41) is 24.6. The minimum absolute atomic E-state index is 0.0708. The zero-order valence-corrected chi connectivity index (χ0v) is 11.6. The van der Waals surface area contributed by atoms with Gasteiger partial charge in [-0.3, -0.25) is 4.79 Å². The van der Waals surface area contributed by atoms with Crippen molar-refractivity contribution in [3.63, 3.8) is 0 Å². The molecule has 0 bridgehead atoms. The van der Waals surface area contributed by atoms with Gasteiger partial charge in [0.25, 0.3) is 5.91 Å². The molecule has 0 radical (unpaired) electrons. The average Bonchev–Trinajstić information content (AvgIpc) is 3.18. The number of aliphatic hydroxyl groups excluding tert-OH is 1. The van der Waals surface area contributed by atoms with Gasteiger partial charge in [-0.1, -0.05) is 12.1 Å². The van der Waals surface area contributed by atoms with Gasteiger partial charge in [-0.2, -0.15) is 4.68 Å². The summed E-state index contributed by atoms with van der Waals surface area (Å²) in [5.41, 5.74) is 1.99. The fourth-order valence-electron chi connectivity index (χ4n) is 1.86. The van der Waals surface area contributed by atoms with Crippen LogP contribution in [-0.2, 0) is 6.61 Å². The van der Waals surface area contributed by atoms with E-state index in [9.17, 15) is 4.79 Å². The van der Waals surface area contributed by atoms with Crippen molar-refractivity contribution in [2.24, 2.45) is 0 Å². The Morgan fingerprint density at radius 2 is 2.29 bits per heavy atom. The van der Waals surface area contributed by atoms with E-state index in [2.05, 4.69) is 20.8 Å². The van der Waals surface area contributed by atoms with E-state index in [-0.39, 0.29) is 12.5 Å². The summed E-state index contributed by atoms with van der Waals surface area (Å²) in [5.74, 6) is -0.245. The van der Waals surface area contributed by atoms with Gasteiger partial charge >= 0.3 is 0 Å². The Bertz CT molecular complexity index is 754. The number of rotatable bonds is 4. The Morgan fingerprint density at radius 3 is 3.05 bits per heavy atom. The van der Waals surface area contributed by atoms with Gasteiger partial charge < -0.3 is 10.4 Å². The van der Waals surface area contributed by atoms with Crippen molar-refractivity contribution in [3.05, 3.63) is 52.5 Å². The van der Waals surface area contributed by atoms with Crippen LogP contribution in [0.4, 0.5) is 5.69 Å². The summed E-state index contributed by atoms with van der Waals surface area (Å²) in [6.45, 7) is -0.0708. The Morgan fingerprint density at radius 1 is 1.38 bits per heavy atom. The second-order valence-corrected chi connectivity index (χ2v) is 5.12. The highest BCUT2D eigenvalue weighted by Crippen LogP contribution is 2.22. The largest absolute Gasteiger partial charge is 0.392 e. The smallest absolute Gasteiger partial charge is 0.267 e. The average molecular weight is 301 g/mol. The number of carbonyl (C=O) groups excluding carboxylic acids is 1. The van der Waals surface area contributed by atoms with Crippen LogP contribution in [0.3, 0.4) is 0 Å². The lowest BCUT2D eigenvalue weighted by Gasteiger charge is -2.06. The second-order valence-electron chi connectivity index (χ2n) is 4.20. The lowest BCUT2D eigenvalue weighted by atomic mass is 10.2. The Kier molecular flexibility index (Phi) is 3.71. The van der Waals surface area contributed by atoms with Gasteiger partial charge in [0.2, 0.25) is 0 Å². The molecule has 3 aromatic rings. The number of aromatic nitrogens is 4. The van der Waals surface area contributed by atoms with Gasteiger partial charge in [0, 0.05) is 5.69 Å². The van der Waals surface area contributed by atoms with Crippen LogP contribution < -0.4 is 5.32 Å². The number of thiophene rings is 1. The van der Waals surface area contributed by atoms with Crippen molar-refractivity contribution >= 4 is 22.9 Å². The van der Waals surface area contributed by atoms with Gasteiger partial charge in [0.1, 0.15) is 11.2 Å². The van der Waals surface area contributed by atoms with E-state index in [1.807, 2.05) is 0 Å². The zero-order chi connectivity index (χ0) is 14.7. The first-order chi connectivity index (χ1) is 10.3. The number of anilines is 1. The van der Waals surface area contributed by atoms with E-state index in [1.165, 1.54) is 22.3 Å². The minimum Gasteiger partial charge on any atom is -0.392 e. The monoisotopic (exact) mass is 301 g/mol. The first kappa shape index (κ1) is 13.4. The molecule has 0 unspecified atom stereocenters. The van der Waals surface area contributed by atoms with Crippen LogP contribution in [0.5, 0.6) is 0 Å². The first-order valence-corrected chi connectivity index (χ1v) is 6.98. The van der Waals surface area contributed by atoms with Crippen LogP contribution in [0.2, 0.25) is 0 Å². The Labute approximate surface area is 123 Å². The number of nitrogens with zero attached hydrogens (tertiary/aromatic N) is 4. The molecule has 0 aliphatic heterocycles. The third-order valence-corrected chi connectivity index (χ3v) is 3.72. The number of nitrogens with one attached hydrogen (secondary N) is 1. The van der Waals surface area contributed by atoms with Crippen molar-refractivity contribution in [2.45, 2.75) is 6.61 Å². The summed E-state index contributed by atoms with van der Waals surface area (Å²) < 4.78 is 1.44. The molecule has 0 saturated heterocycles. The number of hydrogen-bond donors (Lipinski definition) is 2. The minimum atomic E-state index is -0.245. The number of benzene rings is 1. The van der Waals surface area contributed by atoms with Gasteiger partial charge in [-0.25, -0.2) is 0 Å². The Balaban J connectivity index is 1.85. The predicted molar refractivity (Wildman–Crippen MR) is 77.3 cm³/mol. The number of tetrazole rings is 1. The molecule has 7 nitrogen and oxygen atoms in total. The Hall–Kier alpha value is -2.58. The normalized spacial score (nSPS) is 10.5. The number of carbonyl (C=O) groups is 1. The molecule has 106 valence electrons. The fourth-order valence-corrected chi connectivity index (χ4v) is 2.63. The van der Waals surface area contributed by atoms with E-state index >= 15 is 0 Å². The molecule has 2 heterocycles. The highest BCUT2D eigenvalue weighted by atomic mass is 32.1. The topological polar surface area (TPSA) is 92.9 Å². The molecule has 0 spiro atoms. The van der Waals surface area contributed by atoms with Crippen molar-refractivity contribution in [1.29, 1.82) is 0 Å². The molecule has 2 N–H and O–H groups in total. The molecule has 8 heteroatoms. The van der Waals surface area contributed by atoms with E-state index < -0.39 is 0 Å². The molecule has 0 saturated carbocycles. The molecule has 3 rings (SSSR count). The van der Waals surface area contributed by atoms with Gasteiger partial charge in [-0.15, -0.1) is 16.4 Å².